The SMILES string of the molecule is CCCC(CC(=O)O)NC(=O)NCC(C)c1ccccc1. The Balaban J connectivity index is 2.40. The minimum absolute atomic E-state index is 0.0461. The first kappa shape index (κ1) is 17.0. The van der Waals surface area contributed by atoms with Gasteiger partial charge in [0, 0.05) is 12.6 Å². The summed E-state index contributed by atoms with van der Waals surface area (Å²) >= 11 is 0. The number of carboxylic acids is 1. The second-order valence-corrected chi connectivity index (χ2v) is 5.25. The summed E-state index contributed by atoms with van der Waals surface area (Å²) in [6.45, 7) is 4.52. The van der Waals surface area contributed by atoms with Crippen LogP contribution in [0.3, 0.4) is 0 Å². The molecule has 116 valence electrons. The molecule has 2 amide bonds. The van der Waals surface area contributed by atoms with Gasteiger partial charge in [-0.2, -0.15) is 0 Å². The van der Waals surface area contributed by atoms with Crippen LogP contribution in [0.1, 0.15) is 44.6 Å². The van der Waals surface area contributed by atoms with Crippen molar-refractivity contribution in [2.45, 2.75) is 45.1 Å². The maximum Gasteiger partial charge on any atom is 0.315 e. The van der Waals surface area contributed by atoms with Gasteiger partial charge in [-0.25, -0.2) is 4.79 Å². The minimum atomic E-state index is -0.897. The van der Waals surface area contributed by atoms with E-state index < -0.39 is 5.97 Å². The number of aliphatic carboxylic acids is 1. The highest BCUT2D eigenvalue weighted by atomic mass is 16.4. The molecule has 1 aromatic rings. The summed E-state index contributed by atoms with van der Waals surface area (Å²) in [6.07, 6.45) is 1.45. The fourth-order valence-electron chi connectivity index (χ4n) is 2.17. The molecule has 0 aliphatic carbocycles. The number of hydrogen-bond donors (Lipinski definition) is 3. The van der Waals surface area contributed by atoms with E-state index in [2.05, 4.69) is 10.6 Å². The molecular weight excluding hydrogens is 268 g/mol. The fourth-order valence-corrected chi connectivity index (χ4v) is 2.17. The van der Waals surface area contributed by atoms with Crippen molar-refractivity contribution in [2.75, 3.05) is 6.54 Å². The predicted octanol–water partition coefficient (Wildman–Crippen LogP) is 2.73. The number of hydrogen-bond acceptors (Lipinski definition) is 2. The minimum Gasteiger partial charge on any atom is -0.481 e. The Hall–Kier alpha value is -2.04. The molecule has 1 aromatic carbocycles. The zero-order valence-electron chi connectivity index (χ0n) is 12.6. The van der Waals surface area contributed by atoms with E-state index in [1.165, 1.54) is 0 Å². The molecule has 2 unspecified atom stereocenters. The molecule has 2 atom stereocenters. The molecule has 1 rings (SSSR count). The van der Waals surface area contributed by atoms with E-state index in [-0.39, 0.29) is 24.4 Å². The van der Waals surface area contributed by atoms with Gasteiger partial charge in [-0.15, -0.1) is 0 Å². The second-order valence-electron chi connectivity index (χ2n) is 5.25. The van der Waals surface area contributed by atoms with Gasteiger partial charge in [0.1, 0.15) is 0 Å². The van der Waals surface area contributed by atoms with Crippen LogP contribution in [0.15, 0.2) is 30.3 Å². The summed E-state index contributed by atoms with van der Waals surface area (Å²) in [7, 11) is 0. The van der Waals surface area contributed by atoms with E-state index in [4.69, 9.17) is 5.11 Å². The number of urea groups is 1. The van der Waals surface area contributed by atoms with Crippen molar-refractivity contribution in [3.8, 4) is 0 Å². The Kier molecular flexibility index (Phi) is 7.29. The lowest BCUT2D eigenvalue weighted by Crippen LogP contribution is -2.44. The Morgan fingerprint density at radius 3 is 2.48 bits per heavy atom. The lowest BCUT2D eigenvalue weighted by atomic mass is 10.0. The Labute approximate surface area is 125 Å². The van der Waals surface area contributed by atoms with Gasteiger partial charge in [-0.05, 0) is 17.9 Å². The van der Waals surface area contributed by atoms with Crippen LogP contribution in [-0.2, 0) is 4.79 Å². The van der Waals surface area contributed by atoms with Crippen molar-refractivity contribution in [2.24, 2.45) is 0 Å². The molecule has 5 heteroatoms. The number of benzene rings is 1. The number of carboxylic acid groups (broad SMARTS) is 1. The van der Waals surface area contributed by atoms with Crippen molar-refractivity contribution >= 4 is 12.0 Å². The van der Waals surface area contributed by atoms with Crippen LogP contribution < -0.4 is 10.6 Å². The van der Waals surface area contributed by atoms with Gasteiger partial charge in [0.2, 0.25) is 0 Å². The molecule has 0 aliphatic heterocycles. The first-order valence-electron chi connectivity index (χ1n) is 7.34. The van der Waals surface area contributed by atoms with Gasteiger partial charge in [0.15, 0.2) is 0 Å². The standard InChI is InChI=1S/C16H24N2O3/c1-3-7-14(10-15(19)20)18-16(21)17-11-12(2)13-8-5-4-6-9-13/h4-6,8-9,12,14H,3,7,10-11H2,1-2H3,(H,19,20)(H2,17,18,21). The molecule has 0 aliphatic rings. The number of nitrogens with one attached hydrogen (secondary N) is 2. The highest BCUT2D eigenvalue weighted by Gasteiger charge is 2.15. The third kappa shape index (κ3) is 6.79. The average Bonchev–Trinajstić information content (AvgIpc) is 2.45. The average molecular weight is 292 g/mol. The first-order chi connectivity index (χ1) is 10.0. The molecule has 0 bridgehead atoms. The van der Waals surface area contributed by atoms with Crippen molar-refractivity contribution in [1.29, 1.82) is 0 Å². The first-order valence-corrected chi connectivity index (χ1v) is 7.34. The normalized spacial score (nSPS) is 13.2. The molecule has 0 aromatic heterocycles. The molecular formula is C16H24N2O3. The van der Waals surface area contributed by atoms with E-state index in [0.29, 0.717) is 13.0 Å². The number of carbonyl (C=O) groups is 2. The summed E-state index contributed by atoms with van der Waals surface area (Å²) in [5.74, 6) is -0.688. The van der Waals surface area contributed by atoms with Crippen molar-refractivity contribution in [3.63, 3.8) is 0 Å². The summed E-state index contributed by atoms with van der Waals surface area (Å²) in [6, 6.07) is 9.31. The van der Waals surface area contributed by atoms with E-state index in [1.807, 2.05) is 44.2 Å². The largest absolute Gasteiger partial charge is 0.481 e. The summed E-state index contributed by atoms with van der Waals surface area (Å²) < 4.78 is 0. The number of amides is 2. The van der Waals surface area contributed by atoms with Crippen LogP contribution in [0.5, 0.6) is 0 Å². The number of rotatable bonds is 8. The molecule has 0 heterocycles. The van der Waals surface area contributed by atoms with Gasteiger partial charge >= 0.3 is 12.0 Å². The lowest BCUT2D eigenvalue weighted by molar-refractivity contribution is -0.137. The zero-order valence-corrected chi connectivity index (χ0v) is 12.6. The van der Waals surface area contributed by atoms with Crippen molar-refractivity contribution in [1.82, 2.24) is 10.6 Å². The lowest BCUT2D eigenvalue weighted by Gasteiger charge is -2.18. The monoisotopic (exact) mass is 292 g/mol. The van der Waals surface area contributed by atoms with Crippen LogP contribution in [0, 0.1) is 0 Å². The van der Waals surface area contributed by atoms with Gasteiger partial charge in [-0.3, -0.25) is 4.79 Å². The molecule has 0 saturated carbocycles. The van der Waals surface area contributed by atoms with Crippen molar-refractivity contribution in [3.05, 3.63) is 35.9 Å². The van der Waals surface area contributed by atoms with Gasteiger partial charge < -0.3 is 15.7 Å². The Morgan fingerprint density at radius 1 is 1.24 bits per heavy atom. The summed E-state index contributed by atoms with van der Waals surface area (Å²) in [5, 5.41) is 14.3. The van der Waals surface area contributed by atoms with E-state index in [0.717, 1.165) is 12.0 Å². The molecule has 0 saturated heterocycles. The fraction of sp³-hybridized carbons (Fsp3) is 0.500. The number of carbonyl (C=O) groups excluding carboxylic acids is 1. The van der Waals surface area contributed by atoms with Crippen LogP contribution >= 0.6 is 0 Å². The third-order valence-corrected chi connectivity index (χ3v) is 3.33. The molecule has 0 radical (unpaired) electrons. The van der Waals surface area contributed by atoms with Gasteiger partial charge in [0.25, 0.3) is 0 Å². The molecule has 3 N–H and O–H groups in total. The van der Waals surface area contributed by atoms with Gasteiger partial charge in [0.05, 0.1) is 6.42 Å². The smallest absolute Gasteiger partial charge is 0.315 e. The molecule has 21 heavy (non-hydrogen) atoms. The predicted molar refractivity (Wildman–Crippen MR) is 82.3 cm³/mol. The maximum atomic E-state index is 11.8. The Bertz CT molecular complexity index is 448. The quantitative estimate of drug-likeness (QED) is 0.689. The maximum absolute atomic E-state index is 11.8. The zero-order chi connectivity index (χ0) is 15.7. The Morgan fingerprint density at radius 2 is 1.90 bits per heavy atom. The third-order valence-electron chi connectivity index (χ3n) is 3.33. The van der Waals surface area contributed by atoms with Crippen LogP contribution in [0.25, 0.3) is 0 Å². The van der Waals surface area contributed by atoms with Crippen LogP contribution in [-0.4, -0.2) is 29.7 Å². The summed E-state index contributed by atoms with van der Waals surface area (Å²) in [4.78, 5) is 22.6. The summed E-state index contributed by atoms with van der Waals surface area (Å²) in [5.41, 5.74) is 1.16. The van der Waals surface area contributed by atoms with Crippen molar-refractivity contribution < 1.29 is 14.7 Å². The van der Waals surface area contributed by atoms with E-state index in [9.17, 15) is 9.59 Å². The highest BCUT2D eigenvalue weighted by molar-refractivity contribution is 5.75. The highest BCUT2D eigenvalue weighted by Crippen LogP contribution is 2.12. The van der Waals surface area contributed by atoms with E-state index >= 15 is 0 Å². The molecule has 5 nitrogen and oxygen atoms in total. The van der Waals surface area contributed by atoms with E-state index in [1.54, 1.807) is 0 Å². The second kappa shape index (κ2) is 9.00. The molecule has 0 spiro atoms. The topological polar surface area (TPSA) is 78.4 Å². The molecule has 0 fully saturated rings. The van der Waals surface area contributed by atoms with Crippen LogP contribution in [0.2, 0.25) is 0 Å². The van der Waals surface area contributed by atoms with Gasteiger partial charge in [-0.1, -0.05) is 50.6 Å². The van der Waals surface area contributed by atoms with Crippen LogP contribution in [0.4, 0.5) is 4.79 Å².